The summed E-state index contributed by atoms with van der Waals surface area (Å²) >= 11 is 0. The molecular formula is C16H29N3O. The highest BCUT2D eigenvalue weighted by Gasteiger charge is 2.33. The first-order valence-corrected chi connectivity index (χ1v) is 7.84. The summed E-state index contributed by atoms with van der Waals surface area (Å²) in [5.74, 6) is 1.39. The molecule has 1 fully saturated rings. The highest BCUT2D eigenvalue weighted by molar-refractivity contribution is 5.28. The fourth-order valence-electron chi connectivity index (χ4n) is 3.27. The largest absolute Gasteiger partial charge is 0.493 e. The van der Waals surface area contributed by atoms with Gasteiger partial charge in [0, 0.05) is 6.54 Å². The van der Waals surface area contributed by atoms with Gasteiger partial charge in [0.25, 0.3) is 0 Å². The summed E-state index contributed by atoms with van der Waals surface area (Å²) in [6.07, 6.45) is 7.79. The van der Waals surface area contributed by atoms with Crippen LogP contribution < -0.4 is 10.5 Å². The highest BCUT2D eigenvalue weighted by atomic mass is 16.5. The van der Waals surface area contributed by atoms with Crippen LogP contribution in [-0.2, 0) is 6.54 Å². The van der Waals surface area contributed by atoms with Crippen LogP contribution in [0.15, 0.2) is 6.20 Å². The molecule has 1 aromatic rings. The molecule has 1 saturated carbocycles. The van der Waals surface area contributed by atoms with Crippen LogP contribution >= 0.6 is 0 Å². The van der Waals surface area contributed by atoms with E-state index in [1.807, 2.05) is 4.68 Å². The third kappa shape index (κ3) is 3.17. The molecule has 1 aliphatic rings. The maximum atomic E-state index is 6.57. The third-order valence-electron chi connectivity index (χ3n) is 4.71. The summed E-state index contributed by atoms with van der Waals surface area (Å²) in [7, 11) is 1.70. The molecule has 20 heavy (non-hydrogen) atoms. The van der Waals surface area contributed by atoms with E-state index in [0.717, 1.165) is 24.4 Å². The van der Waals surface area contributed by atoms with Crippen LogP contribution in [0.25, 0.3) is 0 Å². The molecule has 1 unspecified atom stereocenters. The summed E-state index contributed by atoms with van der Waals surface area (Å²) in [4.78, 5) is 0. The minimum absolute atomic E-state index is 0.0371. The average molecular weight is 279 g/mol. The zero-order valence-corrected chi connectivity index (χ0v) is 13.4. The molecule has 1 atom stereocenters. The Balaban J connectivity index is 2.16. The number of nitrogens with zero attached hydrogens (tertiary/aromatic N) is 2. The Morgan fingerprint density at radius 1 is 1.45 bits per heavy atom. The number of rotatable bonds is 5. The second kappa shape index (κ2) is 6.17. The normalized spacial score (nSPS) is 20.9. The van der Waals surface area contributed by atoms with Gasteiger partial charge in [-0.15, -0.1) is 0 Å². The molecule has 1 aliphatic carbocycles. The molecule has 0 amide bonds. The van der Waals surface area contributed by atoms with Crippen LogP contribution in [0.2, 0.25) is 0 Å². The van der Waals surface area contributed by atoms with Crippen molar-refractivity contribution in [1.29, 1.82) is 0 Å². The van der Waals surface area contributed by atoms with Crippen LogP contribution in [0.4, 0.5) is 0 Å². The fraction of sp³-hybridized carbons (Fsp3) is 0.812. The summed E-state index contributed by atoms with van der Waals surface area (Å²) in [5, 5.41) is 4.43. The number of ether oxygens (including phenoxy) is 1. The van der Waals surface area contributed by atoms with Gasteiger partial charge in [-0.1, -0.05) is 20.8 Å². The van der Waals surface area contributed by atoms with Gasteiger partial charge in [-0.2, -0.15) is 5.10 Å². The first kappa shape index (κ1) is 15.4. The van der Waals surface area contributed by atoms with Crippen molar-refractivity contribution in [3.63, 3.8) is 0 Å². The maximum absolute atomic E-state index is 6.57. The molecule has 1 aromatic heterocycles. The van der Waals surface area contributed by atoms with E-state index in [2.05, 4.69) is 25.9 Å². The van der Waals surface area contributed by atoms with E-state index < -0.39 is 0 Å². The van der Waals surface area contributed by atoms with E-state index in [1.165, 1.54) is 25.7 Å². The van der Waals surface area contributed by atoms with Crippen molar-refractivity contribution < 1.29 is 4.74 Å². The molecule has 0 saturated heterocycles. The quantitative estimate of drug-likeness (QED) is 0.897. The summed E-state index contributed by atoms with van der Waals surface area (Å²) < 4.78 is 7.49. The molecule has 0 radical (unpaired) electrons. The molecule has 114 valence electrons. The van der Waals surface area contributed by atoms with Gasteiger partial charge in [-0.05, 0) is 43.4 Å². The maximum Gasteiger partial charge on any atom is 0.161 e. The summed E-state index contributed by atoms with van der Waals surface area (Å²) in [6.45, 7) is 7.78. The number of methoxy groups -OCH3 is 1. The Morgan fingerprint density at radius 2 is 2.10 bits per heavy atom. The fourth-order valence-corrected chi connectivity index (χ4v) is 3.27. The minimum atomic E-state index is 0.0371. The first-order chi connectivity index (χ1) is 9.48. The van der Waals surface area contributed by atoms with Crippen molar-refractivity contribution in [3.05, 3.63) is 11.9 Å². The van der Waals surface area contributed by atoms with Gasteiger partial charge in [0.1, 0.15) is 0 Å². The Kier molecular flexibility index (Phi) is 4.74. The molecule has 0 spiro atoms. The Morgan fingerprint density at radius 3 is 2.65 bits per heavy atom. The van der Waals surface area contributed by atoms with Crippen LogP contribution in [0, 0.1) is 11.3 Å². The molecule has 2 N–H and O–H groups in total. The van der Waals surface area contributed by atoms with Gasteiger partial charge in [0.15, 0.2) is 5.75 Å². The SMILES string of the molecule is CCCn1ncc(OC)c1C(N)C1CCC(C)(C)CC1. The number of hydrogen-bond donors (Lipinski definition) is 1. The Labute approximate surface area is 122 Å². The molecule has 4 heteroatoms. The van der Waals surface area contributed by atoms with E-state index in [9.17, 15) is 0 Å². The minimum Gasteiger partial charge on any atom is -0.493 e. The zero-order valence-electron chi connectivity index (χ0n) is 13.4. The molecular weight excluding hydrogens is 250 g/mol. The number of nitrogens with two attached hydrogens (primary N) is 1. The van der Waals surface area contributed by atoms with Crippen molar-refractivity contribution in [3.8, 4) is 5.75 Å². The second-order valence-electron chi connectivity index (χ2n) is 6.85. The molecule has 4 nitrogen and oxygen atoms in total. The summed E-state index contributed by atoms with van der Waals surface area (Å²) in [6, 6.07) is 0.0371. The second-order valence-corrected chi connectivity index (χ2v) is 6.85. The standard InChI is InChI=1S/C16H29N3O/c1-5-10-19-15(13(20-4)11-18-19)14(17)12-6-8-16(2,3)9-7-12/h11-12,14H,5-10,17H2,1-4H3. The van der Waals surface area contributed by atoms with Crippen molar-refractivity contribution in [2.75, 3.05) is 7.11 Å². The van der Waals surface area contributed by atoms with Crippen LogP contribution in [-0.4, -0.2) is 16.9 Å². The van der Waals surface area contributed by atoms with E-state index >= 15 is 0 Å². The number of hydrogen-bond acceptors (Lipinski definition) is 3. The zero-order chi connectivity index (χ0) is 14.8. The Bertz CT molecular complexity index is 429. The van der Waals surface area contributed by atoms with Crippen molar-refractivity contribution in [2.45, 2.75) is 65.5 Å². The van der Waals surface area contributed by atoms with Crippen LogP contribution in [0.3, 0.4) is 0 Å². The average Bonchev–Trinajstić information content (AvgIpc) is 2.81. The lowest BCUT2D eigenvalue weighted by molar-refractivity contribution is 0.169. The van der Waals surface area contributed by atoms with E-state index in [-0.39, 0.29) is 6.04 Å². The lowest BCUT2D eigenvalue weighted by Gasteiger charge is -2.37. The van der Waals surface area contributed by atoms with Crippen molar-refractivity contribution >= 4 is 0 Å². The first-order valence-electron chi connectivity index (χ1n) is 7.84. The molecule has 2 rings (SSSR count). The van der Waals surface area contributed by atoms with Crippen LogP contribution in [0.5, 0.6) is 5.75 Å². The molecule has 0 aliphatic heterocycles. The van der Waals surface area contributed by atoms with E-state index in [4.69, 9.17) is 10.5 Å². The monoisotopic (exact) mass is 279 g/mol. The number of aryl methyl sites for hydroxylation is 1. The predicted molar refractivity (Wildman–Crippen MR) is 81.7 cm³/mol. The number of aromatic nitrogens is 2. The molecule has 0 bridgehead atoms. The van der Waals surface area contributed by atoms with Gasteiger partial charge in [-0.25, -0.2) is 0 Å². The van der Waals surface area contributed by atoms with Gasteiger partial charge >= 0.3 is 0 Å². The van der Waals surface area contributed by atoms with Gasteiger partial charge in [-0.3, -0.25) is 4.68 Å². The lowest BCUT2D eigenvalue weighted by atomic mass is 9.71. The third-order valence-corrected chi connectivity index (χ3v) is 4.71. The van der Waals surface area contributed by atoms with E-state index in [0.29, 0.717) is 11.3 Å². The molecule has 1 heterocycles. The highest BCUT2D eigenvalue weighted by Crippen LogP contribution is 2.43. The van der Waals surface area contributed by atoms with Crippen LogP contribution in [0.1, 0.15) is 64.6 Å². The van der Waals surface area contributed by atoms with Crippen molar-refractivity contribution in [1.82, 2.24) is 9.78 Å². The van der Waals surface area contributed by atoms with E-state index in [1.54, 1.807) is 13.3 Å². The topological polar surface area (TPSA) is 53.1 Å². The molecule has 0 aromatic carbocycles. The summed E-state index contributed by atoms with van der Waals surface area (Å²) in [5.41, 5.74) is 8.13. The van der Waals surface area contributed by atoms with Gasteiger partial charge in [0.2, 0.25) is 0 Å². The smallest absolute Gasteiger partial charge is 0.161 e. The predicted octanol–water partition coefficient (Wildman–Crippen LogP) is 3.52. The van der Waals surface area contributed by atoms with Gasteiger partial charge < -0.3 is 10.5 Å². The van der Waals surface area contributed by atoms with Crippen molar-refractivity contribution in [2.24, 2.45) is 17.1 Å². The lowest BCUT2D eigenvalue weighted by Crippen LogP contribution is -2.30. The Hall–Kier alpha value is -1.03. The van der Waals surface area contributed by atoms with Gasteiger partial charge in [0.05, 0.1) is 25.0 Å².